The third-order valence-electron chi connectivity index (χ3n) is 4.42. The molecule has 0 aromatic heterocycles. The van der Waals surface area contributed by atoms with Crippen molar-refractivity contribution in [3.05, 3.63) is 0 Å². The van der Waals surface area contributed by atoms with Crippen LogP contribution < -0.4 is 5.73 Å². The predicted molar refractivity (Wildman–Crippen MR) is 61.8 cm³/mol. The Morgan fingerprint density at radius 2 is 1.87 bits per heavy atom. The molecule has 0 aromatic rings. The molecule has 0 heterocycles. The lowest BCUT2D eigenvalue weighted by Crippen LogP contribution is -2.55. The Balaban J connectivity index is 1.97. The summed E-state index contributed by atoms with van der Waals surface area (Å²) >= 11 is 0. The van der Waals surface area contributed by atoms with E-state index in [4.69, 9.17) is 10.5 Å². The number of ether oxygens (including phenoxy) is 1. The monoisotopic (exact) mass is 212 g/mol. The number of nitrogens with two attached hydrogens (primary N) is 1. The van der Waals surface area contributed by atoms with Gasteiger partial charge in [-0.2, -0.15) is 0 Å². The molecule has 0 radical (unpaired) electrons. The van der Waals surface area contributed by atoms with Crippen LogP contribution in [0, 0.1) is 0 Å². The summed E-state index contributed by atoms with van der Waals surface area (Å²) in [5.41, 5.74) is 6.28. The molecule has 15 heavy (non-hydrogen) atoms. The molecule has 0 amide bonds. The number of hydrogen-bond donors (Lipinski definition) is 1. The van der Waals surface area contributed by atoms with Crippen molar-refractivity contribution < 1.29 is 4.74 Å². The van der Waals surface area contributed by atoms with Gasteiger partial charge in [0, 0.05) is 25.2 Å². The van der Waals surface area contributed by atoms with Crippen LogP contribution in [0.3, 0.4) is 0 Å². The normalized spacial score (nSPS) is 37.2. The van der Waals surface area contributed by atoms with Gasteiger partial charge in [-0.3, -0.25) is 4.90 Å². The van der Waals surface area contributed by atoms with E-state index in [9.17, 15) is 0 Å². The highest BCUT2D eigenvalue weighted by atomic mass is 16.5. The lowest BCUT2D eigenvalue weighted by atomic mass is 9.79. The van der Waals surface area contributed by atoms with Crippen molar-refractivity contribution in [3.8, 4) is 0 Å². The van der Waals surface area contributed by atoms with E-state index in [1.807, 2.05) is 7.11 Å². The predicted octanol–water partition coefficient (Wildman–Crippen LogP) is 1.37. The van der Waals surface area contributed by atoms with Crippen molar-refractivity contribution in [3.63, 3.8) is 0 Å². The van der Waals surface area contributed by atoms with Gasteiger partial charge in [-0.05, 0) is 45.6 Å². The van der Waals surface area contributed by atoms with Crippen LogP contribution in [0.2, 0.25) is 0 Å². The first-order valence-corrected chi connectivity index (χ1v) is 6.17. The third kappa shape index (κ3) is 2.19. The highest BCUT2D eigenvalue weighted by Gasteiger charge is 2.43. The average Bonchev–Trinajstić information content (AvgIpc) is 3.12. The van der Waals surface area contributed by atoms with Gasteiger partial charge in [0.2, 0.25) is 0 Å². The molecule has 0 atom stereocenters. The first-order chi connectivity index (χ1) is 7.22. The van der Waals surface area contributed by atoms with E-state index in [0.29, 0.717) is 6.10 Å². The molecule has 0 saturated heterocycles. The van der Waals surface area contributed by atoms with E-state index in [2.05, 4.69) is 11.9 Å². The summed E-state index contributed by atoms with van der Waals surface area (Å²) in [5, 5.41) is 0. The van der Waals surface area contributed by atoms with Gasteiger partial charge >= 0.3 is 0 Å². The van der Waals surface area contributed by atoms with Crippen molar-refractivity contribution in [1.82, 2.24) is 4.90 Å². The van der Waals surface area contributed by atoms with Gasteiger partial charge in [-0.1, -0.05) is 0 Å². The third-order valence-corrected chi connectivity index (χ3v) is 4.42. The van der Waals surface area contributed by atoms with E-state index in [1.54, 1.807) is 0 Å². The van der Waals surface area contributed by atoms with E-state index in [-0.39, 0.29) is 5.54 Å². The van der Waals surface area contributed by atoms with Crippen LogP contribution in [0.1, 0.15) is 38.5 Å². The van der Waals surface area contributed by atoms with Crippen molar-refractivity contribution in [1.29, 1.82) is 0 Å². The second kappa shape index (κ2) is 4.40. The summed E-state index contributed by atoms with van der Waals surface area (Å²) < 4.78 is 5.43. The molecule has 0 unspecified atom stereocenters. The first kappa shape index (κ1) is 11.4. The molecule has 2 saturated carbocycles. The van der Waals surface area contributed by atoms with Crippen LogP contribution in [0.15, 0.2) is 0 Å². The topological polar surface area (TPSA) is 38.5 Å². The first-order valence-electron chi connectivity index (χ1n) is 6.17. The van der Waals surface area contributed by atoms with Crippen molar-refractivity contribution in [2.45, 2.75) is 56.2 Å². The highest BCUT2D eigenvalue weighted by Crippen LogP contribution is 2.39. The van der Waals surface area contributed by atoms with Gasteiger partial charge in [0.15, 0.2) is 0 Å². The fourth-order valence-electron chi connectivity index (χ4n) is 2.91. The maximum absolute atomic E-state index is 6.01. The van der Waals surface area contributed by atoms with Crippen LogP contribution in [0.5, 0.6) is 0 Å². The lowest BCUT2D eigenvalue weighted by molar-refractivity contribution is 0.000393. The molecular formula is C12H24N2O. The number of nitrogens with zero attached hydrogens (tertiary/aromatic N) is 1. The summed E-state index contributed by atoms with van der Waals surface area (Å²) in [6.45, 7) is 0.802. The summed E-state index contributed by atoms with van der Waals surface area (Å²) in [7, 11) is 4.09. The fourth-order valence-corrected chi connectivity index (χ4v) is 2.91. The Labute approximate surface area is 93.0 Å². The van der Waals surface area contributed by atoms with Crippen molar-refractivity contribution >= 4 is 0 Å². The fraction of sp³-hybridized carbons (Fsp3) is 1.00. The Kier molecular flexibility index (Phi) is 3.33. The van der Waals surface area contributed by atoms with Gasteiger partial charge in [-0.25, -0.2) is 0 Å². The van der Waals surface area contributed by atoms with Crippen LogP contribution in [-0.4, -0.2) is 43.3 Å². The molecular weight excluding hydrogens is 188 g/mol. The smallest absolute Gasteiger partial charge is 0.0572 e. The number of hydrogen-bond acceptors (Lipinski definition) is 3. The Morgan fingerprint density at radius 3 is 2.27 bits per heavy atom. The second-order valence-corrected chi connectivity index (χ2v) is 5.21. The summed E-state index contributed by atoms with van der Waals surface area (Å²) in [6.07, 6.45) is 7.95. The second-order valence-electron chi connectivity index (χ2n) is 5.21. The summed E-state index contributed by atoms with van der Waals surface area (Å²) in [4.78, 5) is 2.55. The van der Waals surface area contributed by atoms with Gasteiger partial charge in [0.25, 0.3) is 0 Å². The summed E-state index contributed by atoms with van der Waals surface area (Å²) in [5.74, 6) is 0. The molecule has 2 fully saturated rings. The molecule has 0 aliphatic heterocycles. The molecule has 2 N–H and O–H groups in total. The molecule has 0 bridgehead atoms. The van der Waals surface area contributed by atoms with Gasteiger partial charge < -0.3 is 10.5 Å². The quantitative estimate of drug-likeness (QED) is 0.765. The zero-order valence-corrected chi connectivity index (χ0v) is 10.0. The largest absolute Gasteiger partial charge is 0.381 e. The zero-order valence-electron chi connectivity index (χ0n) is 10.0. The Morgan fingerprint density at radius 1 is 1.27 bits per heavy atom. The molecule has 2 rings (SSSR count). The van der Waals surface area contributed by atoms with Crippen LogP contribution >= 0.6 is 0 Å². The van der Waals surface area contributed by atoms with Crippen molar-refractivity contribution in [2.75, 3.05) is 20.7 Å². The van der Waals surface area contributed by atoms with Crippen LogP contribution in [-0.2, 0) is 4.74 Å². The minimum absolute atomic E-state index is 0.274. The SMILES string of the molecule is COC1CCC(CN)(N(C)C2CC2)CC1. The molecule has 0 aromatic carbocycles. The number of likely N-dealkylation sites (N-methyl/N-ethyl adjacent to an activating group) is 1. The molecule has 2 aliphatic carbocycles. The van der Waals surface area contributed by atoms with Crippen molar-refractivity contribution in [2.24, 2.45) is 5.73 Å². The van der Waals surface area contributed by atoms with Gasteiger partial charge in [0.1, 0.15) is 0 Å². The Bertz CT molecular complexity index is 208. The average molecular weight is 212 g/mol. The van der Waals surface area contributed by atoms with E-state index >= 15 is 0 Å². The minimum Gasteiger partial charge on any atom is -0.381 e. The molecule has 3 heteroatoms. The van der Waals surface area contributed by atoms with Gasteiger partial charge in [0.05, 0.1) is 6.10 Å². The van der Waals surface area contributed by atoms with Gasteiger partial charge in [-0.15, -0.1) is 0 Å². The standard InChI is InChI=1S/C12H24N2O/c1-14(10-3-4-10)12(9-13)7-5-11(15-2)6-8-12/h10-11H,3-9,13H2,1-2H3. The minimum atomic E-state index is 0.274. The molecule has 0 spiro atoms. The molecule has 88 valence electrons. The molecule has 3 nitrogen and oxygen atoms in total. The number of rotatable bonds is 4. The maximum atomic E-state index is 6.01. The van der Waals surface area contributed by atoms with E-state index < -0.39 is 0 Å². The van der Waals surface area contributed by atoms with Crippen LogP contribution in [0.4, 0.5) is 0 Å². The zero-order chi connectivity index (χ0) is 10.9. The van der Waals surface area contributed by atoms with Crippen LogP contribution in [0.25, 0.3) is 0 Å². The van der Waals surface area contributed by atoms with E-state index in [0.717, 1.165) is 12.6 Å². The lowest BCUT2D eigenvalue weighted by Gasteiger charge is -2.46. The summed E-state index contributed by atoms with van der Waals surface area (Å²) in [6, 6.07) is 0.813. The number of methoxy groups -OCH3 is 1. The molecule has 2 aliphatic rings. The highest BCUT2D eigenvalue weighted by molar-refractivity contribution is 5.00. The maximum Gasteiger partial charge on any atom is 0.0572 e. The van der Waals surface area contributed by atoms with E-state index in [1.165, 1.54) is 38.5 Å². The Hall–Kier alpha value is -0.120.